The lowest BCUT2D eigenvalue weighted by atomic mass is 10.3. The first kappa shape index (κ1) is 15.2. The summed E-state index contributed by atoms with van der Waals surface area (Å²) in [6.07, 6.45) is 5.05. The van der Waals surface area contributed by atoms with E-state index in [-0.39, 0.29) is 0 Å². The van der Waals surface area contributed by atoms with Crippen molar-refractivity contribution in [2.75, 3.05) is 32.9 Å². The van der Waals surface area contributed by atoms with Gasteiger partial charge in [-0.15, -0.1) is 0 Å². The minimum atomic E-state index is -3.09. The topological polar surface area (TPSA) is 40.6 Å². The Balaban J connectivity index is 4.31. The molecule has 4 nitrogen and oxygen atoms in total. The fraction of sp³-hybridized carbons (Fsp3) is 0.636. The van der Waals surface area contributed by atoms with Gasteiger partial charge in [0.1, 0.15) is 0 Å². The van der Waals surface area contributed by atoms with Gasteiger partial charge in [-0.05, 0) is 19.9 Å². The molecule has 94 valence electrons. The minimum absolute atomic E-state index is 0.475. The highest BCUT2D eigenvalue weighted by Crippen LogP contribution is 2.04. The number of sulfonamides is 1. The van der Waals surface area contributed by atoms with Gasteiger partial charge in [0.2, 0.25) is 10.0 Å². The molecule has 0 rings (SSSR count). The molecule has 0 aromatic carbocycles. The van der Waals surface area contributed by atoms with Crippen molar-refractivity contribution in [1.29, 1.82) is 0 Å². The zero-order valence-corrected chi connectivity index (χ0v) is 11.4. The maximum atomic E-state index is 11.2. The molecule has 0 saturated heterocycles. The predicted molar refractivity (Wildman–Crippen MR) is 68.7 cm³/mol. The second-order valence-corrected chi connectivity index (χ2v) is 5.74. The van der Waals surface area contributed by atoms with Gasteiger partial charge in [0, 0.05) is 32.4 Å². The van der Waals surface area contributed by atoms with E-state index >= 15 is 0 Å². The monoisotopic (exact) mass is 246 g/mol. The van der Waals surface area contributed by atoms with E-state index in [1.54, 1.807) is 7.05 Å². The summed E-state index contributed by atoms with van der Waals surface area (Å²) >= 11 is 0. The molecule has 0 radical (unpaired) electrons. The zero-order chi connectivity index (χ0) is 12.8. The maximum absolute atomic E-state index is 11.2. The Hall–Kier alpha value is -0.810. The second-order valence-electron chi connectivity index (χ2n) is 3.66. The Kier molecular flexibility index (Phi) is 6.36. The lowest BCUT2D eigenvalue weighted by molar-refractivity contribution is 0.338. The summed E-state index contributed by atoms with van der Waals surface area (Å²) in [6, 6.07) is 0. The first-order valence-electron chi connectivity index (χ1n) is 5.30. The quantitative estimate of drug-likeness (QED) is 0.636. The molecule has 0 fully saturated rings. The molecule has 0 spiro atoms. The number of hydrogen-bond acceptors (Lipinski definition) is 3. The number of allylic oxidation sites excluding steroid dienone is 2. The molecule has 5 heteroatoms. The average molecular weight is 246 g/mol. The van der Waals surface area contributed by atoms with Crippen LogP contribution in [-0.2, 0) is 10.0 Å². The highest BCUT2D eigenvalue weighted by molar-refractivity contribution is 7.88. The summed E-state index contributed by atoms with van der Waals surface area (Å²) < 4.78 is 23.7. The predicted octanol–water partition coefficient (Wildman–Crippen LogP) is 1.29. The van der Waals surface area contributed by atoms with Crippen LogP contribution in [-0.4, -0.2) is 50.6 Å². The van der Waals surface area contributed by atoms with E-state index in [0.29, 0.717) is 13.1 Å². The van der Waals surface area contributed by atoms with E-state index in [9.17, 15) is 8.42 Å². The molecule has 0 unspecified atom stereocenters. The SMILES string of the molecule is C=C(/C=C\C)N(CC)CCN(C)S(C)(=O)=O. The van der Waals surface area contributed by atoms with Crippen molar-refractivity contribution in [3.63, 3.8) is 0 Å². The zero-order valence-electron chi connectivity index (χ0n) is 10.6. The standard InChI is InChI=1S/C11H22N2O2S/c1-6-8-11(3)13(7-2)10-9-12(4)16(5,14)15/h6,8H,3,7,9-10H2,1-2,4-5H3/b8-6-. The highest BCUT2D eigenvalue weighted by Gasteiger charge is 2.12. The van der Waals surface area contributed by atoms with E-state index in [4.69, 9.17) is 0 Å². The van der Waals surface area contributed by atoms with Gasteiger partial charge in [0.25, 0.3) is 0 Å². The van der Waals surface area contributed by atoms with Crippen molar-refractivity contribution in [3.05, 3.63) is 24.4 Å². The average Bonchev–Trinajstić information content (AvgIpc) is 2.17. The normalized spacial score (nSPS) is 12.3. The summed E-state index contributed by atoms with van der Waals surface area (Å²) in [4.78, 5) is 2.04. The third kappa shape index (κ3) is 5.32. The van der Waals surface area contributed by atoms with E-state index < -0.39 is 10.0 Å². The first-order valence-corrected chi connectivity index (χ1v) is 7.15. The fourth-order valence-corrected chi connectivity index (χ4v) is 1.64. The van der Waals surface area contributed by atoms with Gasteiger partial charge in [-0.1, -0.05) is 12.7 Å². The maximum Gasteiger partial charge on any atom is 0.211 e. The second kappa shape index (κ2) is 6.70. The molecule has 0 atom stereocenters. The van der Waals surface area contributed by atoms with Gasteiger partial charge in [-0.3, -0.25) is 0 Å². The summed E-state index contributed by atoms with van der Waals surface area (Å²) in [5.41, 5.74) is 0.909. The minimum Gasteiger partial charge on any atom is -0.371 e. The van der Waals surface area contributed by atoms with Crippen LogP contribution in [0.4, 0.5) is 0 Å². The molecular formula is C11H22N2O2S. The molecule has 0 aliphatic heterocycles. The van der Waals surface area contributed by atoms with Gasteiger partial charge in [0.05, 0.1) is 6.26 Å². The van der Waals surface area contributed by atoms with Crippen molar-refractivity contribution < 1.29 is 8.42 Å². The third-order valence-electron chi connectivity index (χ3n) is 2.40. The molecule has 0 aliphatic rings. The van der Waals surface area contributed by atoms with Crippen LogP contribution in [0.15, 0.2) is 24.4 Å². The van der Waals surface area contributed by atoms with Crippen LogP contribution in [0.5, 0.6) is 0 Å². The summed E-state index contributed by atoms with van der Waals surface area (Å²) in [5.74, 6) is 0. The van der Waals surface area contributed by atoms with Gasteiger partial charge < -0.3 is 4.90 Å². The van der Waals surface area contributed by atoms with Crippen molar-refractivity contribution in [2.24, 2.45) is 0 Å². The Morgan fingerprint density at radius 2 is 1.94 bits per heavy atom. The van der Waals surface area contributed by atoms with Gasteiger partial charge >= 0.3 is 0 Å². The number of likely N-dealkylation sites (N-methyl/N-ethyl adjacent to an activating group) is 2. The van der Waals surface area contributed by atoms with Crippen LogP contribution < -0.4 is 0 Å². The highest BCUT2D eigenvalue weighted by atomic mass is 32.2. The molecule has 0 amide bonds. The Labute approximate surface area is 99.3 Å². The van der Waals surface area contributed by atoms with Crippen LogP contribution in [0.2, 0.25) is 0 Å². The van der Waals surface area contributed by atoms with E-state index in [0.717, 1.165) is 12.2 Å². The molecule has 0 aromatic heterocycles. The third-order valence-corrected chi connectivity index (χ3v) is 3.71. The lowest BCUT2D eigenvalue weighted by Crippen LogP contribution is -2.35. The largest absolute Gasteiger partial charge is 0.371 e. The Morgan fingerprint density at radius 1 is 1.38 bits per heavy atom. The molecule has 16 heavy (non-hydrogen) atoms. The van der Waals surface area contributed by atoms with Crippen molar-refractivity contribution in [3.8, 4) is 0 Å². The molecule has 0 bridgehead atoms. The van der Waals surface area contributed by atoms with E-state index in [1.807, 2.05) is 30.9 Å². The molecule has 0 N–H and O–H groups in total. The Bertz CT molecular complexity index is 347. The van der Waals surface area contributed by atoms with Crippen LogP contribution in [0.3, 0.4) is 0 Å². The van der Waals surface area contributed by atoms with Crippen molar-refractivity contribution >= 4 is 10.0 Å². The first-order chi connectivity index (χ1) is 7.32. The van der Waals surface area contributed by atoms with Crippen LogP contribution in [0, 0.1) is 0 Å². The molecule has 0 saturated carbocycles. The van der Waals surface area contributed by atoms with Crippen LogP contribution in [0.1, 0.15) is 13.8 Å². The number of nitrogens with zero attached hydrogens (tertiary/aromatic N) is 2. The van der Waals surface area contributed by atoms with Crippen molar-refractivity contribution in [1.82, 2.24) is 9.21 Å². The molecule has 0 aromatic rings. The fourth-order valence-electron chi connectivity index (χ4n) is 1.23. The van der Waals surface area contributed by atoms with Crippen molar-refractivity contribution in [2.45, 2.75) is 13.8 Å². The number of rotatable bonds is 7. The van der Waals surface area contributed by atoms with Crippen LogP contribution in [0.25, 0.3) is 0 Å². The summed E-state index contributed by atoms with van der Waals surface area (Å²) in [7, 11) is -1.50. The summed E-state index contributed by atoms with van der Waals surface area (Å²) in [5, 5.41) is 0. The smallest absolute Gasteiger partial charge is 0.211 e. The molecular weight excluding hydrogens is 224 g/mol. The van der Waals surface area contributed by atoms with E-state index in [2.05, 4.69) is 6.58 Å². The lowest BCUT2D eigenvalue weighted by Gasteiger charge is -2.25. The van der Waals surface area contributed by atoms with E-state index in [1.165, 1.54) is 10.6 Å². The Morgan fingerprint density at radius 3 is 2.31 bits per heavy atom. The van der Waals surface area contributed by atoms with Crippen LogP contribution >= 0.6 is 0 Å². The number of hydrogen-bond donors (Lipinski definition) is 0. The molecule has 0 aliphatic carbocycles. The van der Waals surface area contributed by atoms with Gasteiger partial charge in [-0.25, -0.2) is 12.7 Å². The van der Waals surface area contributed by atoms with Gasteiger partial charge in [0.15, 0.2) is 0 Å². The van der Waals surface area contributed by atoms with Gasteiger partial charge in [-0.2, -0.15) is 0 Å². The molecule has 0 heterocycles. The summed E-state index contributed by atoms with van der Waals surface area (Å²) in [6.45, 7) is 9.83.